The van der Waals surface area contributed by atoms with Gasteiger partial charge >= 0.3 is 0 Å². The molecule has 1 N–H and O–H groups in total. The highest BCUT2D eigenvalue weighted by molar-refractivity contribution is 5.82. The lowest BCUT2D eigenvalue weighted by Gasteiger charge is -2.23. The molecule has 0 spiro atoms. The van der Waals surface area contributed by atoms with Crippen LogP contribution in [-0.4, -0.2) is 62.5 Å². The van der Waals surface area contributed by atoms with Crippen LogP contribution in [0.15, 0.2) is 48.9 Å². The molecule has 1 aliphatic carbocycles. The van der Waals surface area contributed by atoms with Crippen molar-refractivity contribution < 1.29 is 14.2 Å². The number of pyridine rings is 1. The van der Waals surface area contributed by atoms with Gasteiger partial charge in [0.25, 0.3) is 0 Å². The molecule has 2 aliphatic rings. The predicted octanol–water partition coefficient (Wildman–Crippen LogP) is 3.54. The maximum absolute atomic E-state index is 6.24. The maximum atomic E-state index is 6.24. The van der Waals surface area contributed by atoms with Gasteiger partial charge in [-0.1, -0.05) is 30.3 Å². The number of nitrogens with zero attached hydrogens (tertiary/aromatic N) is 5. The van der Waals surface area contributed by atoms with Crippen molar-refractivity contribution in [3.8, 4) is 23.1 Å². The fourth-order valence-corrected chi connectivity index (χ4v) is 4.38. The van der Waals surface area contributed by atoms with Crippen LogP contribution in [0.1, 0.15) is 30.9 Å². The van der Waals surface area contributed by atoms with Crippen LogP contribution in [0, 0.1) is 6.92 Å². The van der Waals surface area contributed by atoms with Gasteiger partial charge in [-0.25, -0.2) is 15.0 Å². The molecule has 4 aromatic rings. The van der Waals surface area contributed by atoms with Gasteiger partial charge in [-0.05, 0) is 37.8 Å². The van der Waals surface area contributed by atoms with Gasteiger partial charge in [0.05, 0.1) is 25.8 Å². The number of imidazole rings is 1. The second kappa shape index (κ2) is 9.48. The van der Waals surface area contributed by atoms with Crippen LogP contribution in [0.25, 0.3) is 22.6 Å². The van der Waals surface area contributed by atoms with E-state index in [4.69, 9.17) is 19.2 Å². The van der Waals surface area contributed by atoms with E-state index in [0.717, 1.165) is 54.2 Å². The first-order chi connectivity index (χ1) is 17.6. The fraction of sp³-hybridized carbons (Fsp3) is 0.407. The number of aryl methyl sites for hydroxylation is 1. The minimum Gasteiger partial charge on any atom is -0.476 e. The minimum absolute atomic E-state index is 0.167. The topological polar surface area (TPSA) is 96.2 Å². The molecule has 1 atom stereocenters. The van der Waals surface area contributed by atoms with Crippen molar-refractivity contribution in [3.05, 3.63) is 60.0 Å². The van der Waals surface area contributed by atoms with E-state index >= 15 is 0 Å². The third kappa shape index (κ3) is 4.76. The Labute approximate surface area is 209 Å². The van der Waals surface area contributed by atoms with Gasteiger partial charge in [0.2, 0.25) is 11.8 Å². The quantitative estimate of drug-likeness (QED) is 0.404. The van der Waals surface area contributed by atoms with Gasteiger partial charge in [0, 0.05) is 24.4 Å². The lowest BCUT2D eigenvalue weighted by molar-refractivity contribution is 0.0585. The summed E-state index contributed by atoms with van der Waals surface area (Å²) in [7, 11) is 0. The van der Waals surface area contributed by atoms with Crippen LogP contribution >= 0.6 is 0 Å². The van der Waals surface area contributed by atoms with Gasteiger partial charge in [0.1, 0.15) is 24.4 Å². The standard InChI is InChI=1S/C27H30N6O3/c1-18-12-22(35-16-20-15-34-11-10-28-20)29-13-21(18)24-32-23-25(33(24)14-19-6-4-3-5-7-19)30-17-31-26(23)36-27(2)8-9-27/h3-7,12-13,17,20,28H,8-11,14-16H2,1-2H3/t20-/m1/s1. The second-order valence-corrected chi connectivity index (χ2v) is 9.78. The summed E-state index contributed by atoms with van der Waals surface area (Å²) in [6.07, 6.45) is 5.42. The van der Waals surface area contributed by atoms with Crippen LogP contribution in [-0.2, 0) is 11.3 Å². The number of benzene rings is 1. The molecule has 1 aliphatic heterocycles. The van der Waals surface area contributed by atoms with E-state index in [1.165, 1.54) is 0 Å². The van der Waals surface area contributed by atoms with E-state index in [1.54, 1.807) is 6.33 Å². The molecule has 0 radical (unpaired) electrons. The third-order valence-corrected chi connectivity index (χ3v) is 6.74. The van der Waals surface area contributed by atoms with Gasteiger partial charge in [-0.15, -0.1) is 0 Å². The van der Waals surface area contributed by atoms with Crippen molar-refractivity contribution in [2.24, 2.45) is 0 Å². The molecule has 36 heavy (non-hydrogen) atoms. The molecular weight excluding hydrogens is 456 g/mol. The summed E-state index contributed by atoms with van der Waals surface area (Å²) in [4.78, 5) is 18.6. The molecule has 2 fully saturated rings. The summed E-state index contributed by atoms with van der Waals surface area (Å²) in [6.45, 7) is 7.49. The predicted molar refractivity (Wildman–Crippen MR) is 135 cm³/mol. The highest BCUT2D eigenvalue weighted by Crippen LogP contribution is 2.41. The number of hydrogen-bond acceptors (Lipinski definition) is 8. The summed E-state index contributed by atoms with van der Waals surface area (Å²) in [5.74, 6) is 1.89. The first-order valence-corrected chi connectivity index (χ1v) is 12.4. The Kier molecular flexibility index (Phi) is 6.02. The highest BCUT2D eigenvalue weighted by atomic mass is 16.5. The zero-order valence-electron chi connectivity index (χ0n) is 20.6. The zero-order chi connectivity index (χ0) is 24.5. The summed E-state index contributed by atoms with van der Waals surface area (Å²) < 4.78 is 19.8. The molecule has 186 valence electrons. The SMILES string of the molecule is Cc1cc(OC[C@H]2COCCN2)ncc1-c1nc2c(OC3(C)CC3)ncnc2n1Cc1ccccc1. The largest absolute Gasteiger partial charge is 0.476 e. The Bertz CT molecular complexity index is 1360. The number of fused-ring (bicyclic) bond motifs is 1. The third-order valence-electron chi connectivity index (χ3n) is 6.74. The van der Waals surface area contributed by atoms with Crippen LogP contribution in [0.5, 0.6) is 11.8 Å². The summed E-state index contributed by atoms with van der Waals surface area (Å²) in [5.41, 5.74) is 4.33. The fourth-order valence-electron chi connectivity index (χ4n) is 4.38. The van der Waals surface area contributed by atoms with Crippen LogP contribution in [0.3, 0.4) is 0 Å². The molecule has 4 heterocycles. The smallest absolute Gasteiger partial charge is 0.245 e. The summed E-state index contributed by atoms with van der Waals surface area (Å²) in [5, 5.41) is 3.40. The highest BCUT2D eigenvalue weighted by Gasteiger charge is 2.41. The van der Waals surface area contributed by atoms with E-state index in [2.05, 4.69) is 43.9 Å². The number of morpholine rings is 1. The molecule has 9 heteroatoms. The van der Waals surface area contributed by atoms with Gasteiger partial charge < -0.3 is 24.1 Å². The molecule has 3 aromatic heterocycles. The lowest BCUT2D eigenvalue weighted by atomic mass is 10.1. The molecule has 0 bridgehead atoms. The molecule has 1 saturated heterocycles. The van der Waals surface area contributed by atoms with E-state index < -0.39 is 0 Å². The first kappa shape index (κ1) is 22.9. The van der Waals surface area contributed by atoms with E-state index in [-0.39, 0.29) is 11.6 Å². The summed E-state index contributed by atoms with van der Waals surface area (Å²) >= 11 is 0. The molecule has 9 nitrogen and oxygen atoms in total. The molecule has 1 aromatic carbocycles. The number of rotatable bonds is 8. The lowest BCUT2D eigenvalue weighted by Crippen LogP contribution is -2.44. The molecule has 1 saturated carbocycles. The number of hydrogen-bond donors (Lipinski definition) is 1. The average molecular weight is 487 g/mol. The normalized spacial score (nSPS) is 18.8. The van der Waals surface area contributed by atoms with Crippen LogP contribution < -0.4 is 14.8 Å². The monoisotopic (exact) mass is 486 g/mol. The first-order valence-electron chi connectivity index (χ1n) is 12.4. The summed E-state index contributed by atoms with van der Waals surface area (Å²) in [6, 6.07) is 12.4. The maximum Gasteiger partial charge on any atom is 0.245 e. The van der Waals surface area contributed by atoms with Crippen LogP contribution in [0.2, 0.25) is 0 Å². The molecule has 0 unspecified atom stereocenters. The Morgan fingerprint density at radius 1 is 1.17 bits per heavy atom. The molecular formula is C27H30N6O3. The second-order valence-electron chi connectivity index (χ2n) is 9.78. The van der Waals surface area contributed by atoms with Gasteiger partial charge in [0.15, 0.2) is 11.2 Å². The van der Waals surface area contributed by atoms with Gasteiger partial charge in [-0.3, -0.25) is 0 Å². The van der Waals surface area contributed by atoms with Crippen molar-refractivity contribution >= 4 is 11.2 Å². The Morgan fingerprint density at radius 2 is 2.03 bits per heavy atom. The average Bonchev–Trinajstić information content (AvgIpc) is 3.52. The van der Waals surface area contributed by atoms with E-state index in [9.17, 15) is 0 Å². The van der Waals surface area contributed by atoms with Crippen molar-refractivity contribution in [1.29, 1.82) is 0 Å². The number of aromatic nitrogens is 5. The minimum atomic E-state index is -0.167. The van der Waals surface area contributed by atoms with Crippen molar-refractivity contribution in [3.63, 3.8) is 0 Å². The van der Waals surface area contributed by atoms with E-state index in [1.807, 2.05) is 37.4 Å². The number of ether oxygens (including phenoxy) is 3. The van der Waals surface area contributed by atoms with Crippen molar-refractivity contribution in [2.75, 3.05) is 26.4 Å². The molecule has 6 rings (SSSR count). The van der Waals surface area contributed by atoms with Gasteiger partial charge in [-0.2, -0.15) is 4.98 Å². The van der Waals surface area contributed by atoms with Crippen molar-refractivity contribution in [1.82, 2.24) is 29.8 Å². The van der Waals surface area contributed by atoms with Crippen molar-refractivity contribution in [2.45, 2.75) is 44.9 Å². The Hall–Kier alpha value is -3.56. The zero-order valence-corrected chi connectivity index (χ0v) is 20.6. The van der Waals surface area contributed by atoms with E-state index in [0.29, 0.717) is 37.0 Å². The number of nitrogens with one attached hydrogen (secondary N) is 1. The Balaban J connectivity index is 1.36. The Morgan fingerprint density at radius 3 is 2.78 bits per heavy atom. The van der Waals surface area contributed by atoms with Crippen LogP contribution in [0.4, 0.5) is 0 Å². The molecule has 0 amide bonds.